The molecule has 0 nitrogen and oxygen atoms in total. The summed E-state index contributed by atoms with van der Waals surface area (Å²) in [7, 11) is 0. The molecule has 0 N–H and O–H groups in total. The SMILES string of the molecule is CCC(C)c1ccccc1CCc1ccccc1C(C)CC. The minimum absolute atomic E-state index is 0.654. The van der Waals surface area contributed by atoms with Gasteiger partial charge in [-0.25, -0.2) is 0 Å². The minimum atomic E-state index is 0.654. The molecule has 0 saturated heterocycles. The van der Waals surface area contributed by atoms with Crippen molar-refractivity contribution in [2.24, 2.45) is 0 Å². The highest BCUT2D eigenvalue weighted by Gasteiger charge is 2.11. The van der Waals surface area contributed by atoms with Gasteiger partial charge in [-0.15, -0.1) is 0 Å². The Labute approximate surface area is 136 Å². The average molecular weight is 294 g/mol. The normalized spacial score (nSPS) is 13.8. The Morgan fingerprint density at radius 1 is 0.636 bits per heavy atom. The van der Waals surface area contributed by atoms with Gasteiger partial charge in [-0.3, -0.25) is 0 Å². The maximum atomic E-state index is 2.34. The molecule has 22 heavy (non-hydrogen) atoms. The fraction of sp³-hybridized carbons (Fsp3) is 0.455. The molecule has 2 aromatic carbocycles. The summed E-state index contributed by atoms with van der Waals surface area (Å²) in [6.07, 6.45) is 4.71. The Kier molecular flexibility index (Phi) is 6.24. The van der Waals surface area contributed by atoms with Crippen LogP contribution in [0.25, 0.3) is 0 Å². The van der Waals surface area contributed by atoms with Crippen molar-refractivity contribution < 1.29 is 0 Å². The summed E-state index contributed by atoms with van der Waals surface area (Å²) in [6.45, 7) is 9.23. The Morgan fingerprint density at radius 3 is 1.36 bits per heavy atom. The van der Waals surface area contributed by atoms with E-state index in [9.17, 15) is 0 Å². The predicted molar refractivity (Wildman–Crippen MR) is 97.7 cm³/mol. The van der Waals surface area contributed by atoms with Crippen molar-refractivity contribution in [3.63, 3.8) is 0 Å². The monoisotopic (exact) mass is 294 g/mol. The van der Waals surface area contributed by atoms with Crippen molar-refractivity contribution in [3.05, 3.63) is 70.8 Å². The lowest BCUT2D eigenvalue weighted by atomic mass is 9.88. The van der Waals surface area contributed by atoms with Crippen LogP contribution >= 0.6 is 0 Å². The largest absolute Gasteiger partial charge is 0.0648 e. The standard InChI is InChI=1S/C22H30/c1-5-17(3)21-13-9-7-11-19(21)15-16-20-12-8-10-14-22(20)18(4)6-2/h7-14,17-18H,5-6,15-16H2,1-4H3. The summed E-state index contributed by atoms with van der Waals surface area (Å²) in [4.78, 5) is 0. The first kappa shape index (κ1) is 16.8. The zero-order valence-electron chi connectivity index (χ0n) is 14.6. The summed E-state index contributed by atoms with van der Waals surface area (Å²) in [5, 5.41) is 0. The molecule has 0 amide bonds. The molecule has 0 aliphatic heterocycles. The van der Waals surface area contributed by atoms with E-state index in [-0.39, 0.29) is 0 Å². The number of aryl methyl sites for hydroxylation is 2. The van der Waals surface area contributed by atoms with Gasteiger partial charge in [0.25, 0.3) is 0 Å². The highest BCUT2D eigenvalue weighted by atomic mass is 14.2. The molecule has 0 heterocycles. The smallest absolute Gasteiger partial charge is 0.0190 e. The molecule has 118 valence electrons. The van der Waals surface area contributed by atoms with E-state index in [0.717, 1.165) is 12.8 Å². The number of hydrogen-bond acceptors (Lipinski definition) is 0. The summed E-state index contributed by atoms with van der Waals surface area (Å²) >= 11 is 0. The summed E-state index contributed by atoms with van der Waals surface area (Å²) < 4.78 is 0. The Bertz CT molecular complexity index is 529. The molecular formula is C22H30. The average Bonchev–Trinajstić information content (AvgIpc) is 2.59. The van der Waals surface area contributed by atoms with Gasteiger partial charge in [-0.05, 0) is 59.8 Å². The van der Waals surface area contributed by atoms with Gasteiger partial charge >= 0.3 is 0 Å². The topological polar surface area (TPSA) is 0 Å². The van der Waals surface area contributed by atoms with E-state index in [1.165, 1.54) is 35.1 Å². The predicted octanol–water partition coefficient (Wildman–Crippen LogP) is 6.50. The van der Waals surface area contributed by atoms with Crippen LogP contribution in [0.3, 0.4) is 0 Å². The molecule has 0 saturated carbocycles. The van der Waals surface area contributed by atoms with Gasteiger partial charge in [-0.1, -0.05) is 76.2 Å². The van der Waals surface area contributed by atoms with E-state index in [1.54, 1.807) is 0 Å². The van der Waals surface area contributed by atoms with Crippen molar-refractivity contribution >= 4 is 0 Å². The first-order chi connectivity index (χ1) is 10.7. The van der Waals surface area contributed by atoms with Crippen LogP contribution in [0, 0.1) is 0 Å². The van der Waals surface area contributed by atoms with Gasteiger partial charge in [0.05, 0.1) is 0 Å². The second-order valence-electron chi connectivity index (χ2n) is 6.52. The molecule has 0 radical (unpaired) electrons. The van der Waals surface area contributed by atoms with Crippen LogP contribution in [-0.2, 0) is 12.8 Å². The van der Waals surface area contributed by atoms with Crippen LogP contribution in [-0.4, -0.2) is 0 Å². The highest BCUT2D eigenvalue weighted by molar-refractivity contribution is 5.34. The maximum Gasteiger partial charge on any atom is -0.0190 e. The van der Waals surface area contributed by atoms with Crippen LogP contribution in [0.4, 0.5) is 0 Å². The van der Waals surface area contributed by atoms with E-state index in [0.29, 0.717) is 11.8 Å². The van der Waals surface area contributed by atoms with Crippen LogP contribution in [0.5, 0.6) is 0 Å². The molecule has 0 spiro atoms. The van der Waals surface area contributed by atoms with Gasteiger partial charge in [-0.2, -0.15) is 0 Å². The summed E-state index contributed by atoms with van der Waals surface area (Å²) in [5.74, 6) is 1.31. The first-order valence-corrected chi connectivity index (χ1v) is 8.82. The summed E-state index contributed by atoms with van der Waals surface area (Å²) in [5.41, 5.74) is 6.11. The third-order valence-corrected chi connectivity index (χ3v) is 5.06. The zero-order valence-corrected chi connectivity index (χ0v) is 14.6. The molecule has 0 heteroatoms. The Morgan fingerprint density at radius 2 is 1.00 bits per heavy atom. The quantitative estimate of drug-likeness (QED) is 0.547. The fourth-order valence-electron chi connectivity index (χ4n) is 3.19. The van der Waals surface area contributed by atoms with Crippen molar-refractivity contribution in [3.8, 4) is 0 Å². The third-order valence-electron chi connectivity index (χ3n) is 5.06. The molecule has 2 rings (SSSR count). The number of hydrogen-bond donors (Lipinski definition) is 0. The first-order valence-electron chi connectivity index (χ1n) is 8.82. The minimum Gasteiger partial charge on any atom is -0.0648 e. The van der Waals surface area contributed by atoms with E-state index < -0.39 is 0 Å². The van der Waals surface area contributed by atoms with Gasteiger partial charge < -0.3 is 0 Å². The van der Waals surface area contributed by atoms with Crippen LogP contribution in [0.2, 0.25) is 0 Å². The second kappa shape index (κ2) is 8.17. The van der Waals surface area contributed by atoms with Gasteiger partial charge in [0, 0.05) is 0 Å². The van der Waals surface area contributed by atoms with E-state index in [4.69, 9.17) is 0 Å². The molecule has 0 aromatic heterocycles. The number of benzene rings is 2. The molecule has 0 aliphatic rings. The van der Waals surface area contributed by atoms with Crippen LogP contribution < -0.4 is 0 Å². The van der Waals surface area contributed by atoms with Crippen molar-refractivity contribution in [1.82, 2.24) is 0 Å². The fourth-order valence-corrected chi connectivity index (χ4v) is 3.19. The second-order valence-corrected chi connectivity index (χ2v) is 6.52. The lowest BCUT2D eigenvalue weighted by molar-refractivity contribution is 0.709. The van der Waals surface area contributed by atoms with E-state index >= 15 is 0 Å². The molecule has 0 bridgehead atoms. The van der Waals surface area contributed by atoms with Gasteiger partial charge in [0.15, 0.2) is 0 Å². The highest BCUT2D eigenvalue weighted by Crippen LogP contribution is 2.26. The van der Waals surface area contributed by atoms with Crippen molar-refractivity contribution in [2.45, 2.75) is 65.2 Å². The third kappa shape index (κ3) is 4.00. The molecule has 0 aliphatic carbocycles. The molecule has 0 fully saturated rings. The van der Waals surface area contributed by atoms with Crippen LogP contribution in [0.15, 0.2) is 48.5 Å². The lowest BCUT2D eigenvalue weighted by Gasteiger charge is -2.17. The van der Waals surface area contributed by atoms with Gasteiger partial charge in [0.2, 0.25) is 0 Å². The van der Waals surface area contributed by atoms with Crippen molar-refractivity contribution in [1.29, 1.82) is 0 Å². The van der Waals surface area contributed by atoms with E-state index in [1.807, 2.05) is 0 Å². The zero-order chi connectivity index (χ0) is 15.9. The Balaban J connectivity index is 2.18. The van der Waals surface area contributed by atoms with Crippen LogP contribution in [0.1, 0.15) is 74.6 Å². The van der Waals surface area contributed by atoms with E-state index in [2.05, 4.69) is 76.2 Å². The van der Waals surface area contributed by atoms with Crippen molar-refractivity contribution in [2.75, 3.05) is 0 Å². The molecule has 2 unspecified atom stereocenters. The summed E-state index contributed by atoms with van der Waals surface area (Å²) in [6, 6.07) is 18.0. The lowest BCUT2D eigenvalue weighted by Crippen LogP contribution is -2.03. The number of rotatable bonds is 7. The molecule has 2 atom stereocenters. The van der Waals surface area contributed by atoms with Gasteiger partial charge in [0.1, 0.15) is 0 Å². The Hall–Kier alpha value is -1.56. The maximum absolute atomic E-state index is 2.34. The molecular weight excluding hydrogens is 264 g/mol. The molecule has 2 aromatic rings.